The maximum absolute atomic E-state index is 12.4. The number of hydrogen-bond donors (Lipinski definition) is 1. The van der Waals surface area contributed by atoms with Gasteiger partial charge in [0.05, 0.1) is 0 Å². The standard InChI is InChI=1S/C14H19F2NOS/c1-9-7-11(8-19-9)17-10(2)12-5-3-4-6-13(12)18-14(15)16/h3-6,9-11,14,17H,7-8H2,1-2H3. The van der Waals surface area contributed by atoms with Crippen LogP contribution in [-0.2, 0) is 0 Å². The van der Waals surface area contributed by atoms with Crippen molar-refractivity contribution in [3.8, 4) is 5.75 Å². The molecule has 1 aliphatic rings. The van der Waals surface area contributed by atoms with Crippen LogP contribution < -0.4 is 10.1 Å². The van der Waals surface area contributed by atoms with Gasteiger partial charge in [-0.25, -0.2) is 0 Å². The summed E-state index contributed by atoms with van der Waals surface area (Å²) in [6.07, 6.45) is 1.12. The molecule has 1 fully saturated rings. The van der Waals surface area contributed by atoms with Gasteiger partial charge in [0, 0.05) is 28.6 Å². The number of rotatable bonds is 5. The Kier molecular flexibility index (Phi) is 5.05. The van der Waals surface area contributed by atoms with E-state index in [0.717, 1.165) is 17.7 Å². The molecule has 1 aromatic carbocycles. The Labute approximate surface area is 116 Å². The number of benzene rings is 1. The smallest absolute Gasteiger partial charge is 0.387 e. The van der Waals surface area contributed by atoms with Gasteiger partial charge in [0.25, 0.3) is 0 Å². The summed E-state index contributed by atoms with van der Waals surface area (Å²) in [5, 5.41) is 4.16. The third-order valence-electron chi connectivity index (χ3n) is 3.29. The lowest BCUT2D eigenvalue weighted by Gasteiger charge is -2.21. The first-order chi connectivity index (χ1) is 9.06. The summed E-state index contributed by atoms with van der Waals surface area (Å²) in [5.41, 5.74) is 0.785. The summed E-state index contributed by atoms with van der Waals surface area (Å²) in [5.74, 6) is 1.33. The molecule has 0 aliphatic carbocycles. The molecule has 3 atom stereocenters. The van der Waals surface area contributed by atoms with Gasteiger partial charge in [0.15, 0.2) is 0 Å². The van der Waals surface area contributed by atoms with Gasteiger partial charge in [-0.2, -0.15) is 20.5 Å². The first-order valence-electron chi connectivity index (χ1n) is 6.47. The normalized spacial score (nSPS) is 24.7. The van der Waals surface area contributed by atoms with Crippen molar-refractivity contribution < 1.29 is 13.5 Å². The van der Waals surface area contributed by atoms with E-state index in [1.165, 1.54) is 0 Å². The van der Waals surface area contributed by atoms with E-state index in [2.05, 4.69) is 17.0 Å². The van der Waals surface area contributed by atoms with Crippen LogP contribution in [0.5, 0.6) is 5.75 Å². The third kappa shape index (κ3) is 4.08. The highest BCUT2D eigenvalue weighted by atomic mass is 32.2. The molecule has 2 nitrogen and oxygen atoms in total. The number of thioether (sulfide) groups is 1. The number of halogens is 2. The largest absolute Gasteiger partial charge is 0.434 e. The third-order valence-corrected chi connectivity index (χ3v) is 4.64. The van der Waals surface area contributed by atoms with Crippen molar-refractivity contribution in [2.75, 3.05) is 5.75 Å². The van der Waals surface area contributed by atoms with Gasteiger partial charge in [-0.1, -0.05) is 25.1 Å². The first kappa shape index (κ1) is 14.6. The van der Waals surface area contributed by atoms with E-state index >= 15 is 0 Å². The Morgan fingerprint density at radius 3 is 2.74 bits per heavy atom. The van der Waals surface area contributed by atoms with Crippen LogP contribution in [0.3, 0.4) is 0 Å². The average molecular weight is 287 g/mol. The molecule has 1 N–H and O–H groups in total. The number of hydrogen-bond acceptors (Lipinski definition) is 3. The second kappa shape index (κ2) is 6.57. The Balaban J connectivity index is 2.03. The van der Waals surface area contributed by atoms with Crippen LogP contribution in [0.25, 0.3) is 0 Å². The van der Waals surface area contributed by atoms with E-state index in [4.69, 9.17) is 0 Å². The van der Waals surface area contributed by atoms with E-state index < -0.39 is 6.61 Å². The summed E-state index contributed by atoms with van der Waals surface area (Å²) >= 11 is 1.94. The van der Waals surface area contributed by atoms with E-state index in [0.29, 0.717) is 11.3 Å². The molecule has 0 saturated carbocycles. The van der Waals surface area contributed by atoms with E-state index in [9.17, 15) is 8.78 Å². The SMILES string of the molecule is CC1CC(NC(C)c2ccccc2OC(F)F)CS1. The molecular weight excluding hydrogens is 268 g/mol. The lowest BCUT2D eigenvalue weighted by atomic mass is 10.1. The van der Waals surface area contributed by atoms with Gasteiger partial charge in [-0.3, -0.25) is 0 Å². The van der Waals surface area contributed by atoms with Crippen LogP contribution in [0.4, 0.5) is 8.78 Å². The molecule has 1 saturated heterocycles. The molecule has 0 bridgehead atoms. The second-order valence-corrected chi connectivity index (χ2v) is 6.35. The summed E-state index contributed by atoms with van der Waals surface area (Å²) < 4.78 is 29.3. The van der Waals surface area contributed by atoms with Gasteiger partial charge in [0.2, 0.25) is 0 Å². The number of nitrogens with one attached hydrogen (secondary N) is 1. The maximum atomic E-state index is 12.4. The lowest BCUT2D eigenvalue weighted by molar-refractivity contribution is -0.0506. The van der Waals surface area contributed by atoms with Gasteiger partial charge in [-0.05, 0) is 19.4 Å². The fraction of sp³-hybridized carbons (Fsp3) is 0.571. The highest BCUT2D eigenvalue weighted by Gasteiger charge is 2.24. The number of ether oxygens (including phenoxy) is 1. The van der Waals surface area contributed by atoms with Crippen molar-refractivity contribution in [3.63, 3.8) is 0 Å². The zero-order valence-electron chi connectivity index (χ0n) is 11.1. The molecule has 1 aliphatic heterocycles. The summed E-state index contributed by atoms with van der Waals surface area (Å²) in [6, 6.07) is 7.42. The minimum atomic E-state index is -2.78. The minimum absolute atomic E-state index is 0.00542. The molecule has 0 radical (unpaired) electrons. The van der Waals surface area contributed by atoms with Crippen molar-refractivity contribution in [2.45, 2.75) is 44.2 Å². The van der Waals surface area contributed by atoms with Gasteiger partial charge < -0.3 is 10.1 Å². The highest BCUT2D eigenvalue weighted by molar-refractivity contribution is 8.00. The number of para-hydroxylation sites is 1. The predicted octanol–water partition coefficient (Wildman–Crippen LogP) is 3.83. The average Bonchev–Trinajstić information content (AvgIpc) is 2.74. The van der Waals surface area contributed by atoms with E-state index in [1.807, 2.05) is 30.8 Å². The predicted molar refractivity (Wildman–Crippen MR) is 74.9 cm³/mol. The Morgan fingerprint density at radius 1 is 1.37 bits per heavy atom. The van der Waals surface area contributed by atoms with Crippen molar-refractivity contribution in [2.24, 2.45) is 0 Å². The van der Waals surface area contributed by atoms with Crippen LogP contribution in [0, 0.1) is 0 Å². The highest BCUT2D eigenvalue weighted by Crippen LogP contribution is 2.30. The molecule has 19 heavy (non-hydrogen) atoms. The summed E-state index contributed by atoms with van der Waals surface area (Å²) in [7, 11) is 0. The van der Waals surface area contributed by atoms with Gasteiger partial charge in [0.1, 0.15) is 5.75 Å². The molecule has 5 heteroatoms. The fourth-order valence-corrected chi connectivity index (χ4v) is 3.58. The molecule has 0 amide bonds. The Morgan fingerprint density at radius 2 is 2.11 bits per heavy atom. The maximum Gasteiger partial charge on any atom is 0.387 e. The Hall–Kier alpha value is -0.810. The van der Waals surface area contributed by atoms with Gasteiger partial charge in [-0.15, -0.1) is 0 Å². The zero-order valence-corrected chi connectivity index (χ0v) is 11.9. The molecule has 0 aromatic heterocycles. The topological polar surface area (TPSA) is 21.3 Å². The fourth-order valence-electron chi connectivity index (χ4n) is 2.42. The molecule has 0 spiro atoms. The lowest BCUT2D eigenvalue weighted by Crippen LogP contribution is -2.31. The number of alkyl halides is 2. The second-order valence-electron chi connectivity index (χ2n) is 4.88. The van der Waals surface area contributed by atoms with E-state index in [-0.39, 0.29) is 11.8 Å². The monoisotopic (exact) mass is 287 g/mol. The first-order valence-corrected chi connectivity index (χ1v) is 7.52. The van der Waals surface area contributed by atoms with Gasteiger partial charge >= 0.3 is 6.61 Å². The van der Waals surface area contributed by atoms with Crippen LogP contribution in [-0.4, -0.2) is 23.7 Å². The Bertz CT molecular complexity index is 416. The zero-order chi connectivity index (χ0) is 13.8. The van der Waals surface area contributed by atoms with Crippen LogP contribution >= 0.6 is 11.8 Å². The van der Waals surface area contributed by atoms with Crippen LogP contribution in [0.15, 0.2) is 24.3 Å². The van der Waals surface area contributed by atoms with Crippen molar-refractivity contribution in [3.05, 3.63) is 29.8 Å². The molecule has 1 aromatic rings. The quantitative estimate of drug-likeness (QED) is 0.889. The molecular formula is C14H19F2NOS. The molecule has 106 valence electrons. The van der Waals surface area contributed by atoms with E-state index in [1.54, 1.807) is 12.1 Å². The van der Waals surface area contributed by atoms with Crippen molar-refractivity contribution in [1.29, 1.82) is 0 Å². The van der Waals surface area contributed by atoms with Crippen LogP contribution in [0.2, 0.25) is 0 Å². The van der Waals surface area contributed by atoms with Crippen molar-refractivity contribution >= 4 is 11.8 Å². The summed E-state index contributed by atoms with van der Waals surface area (Å²) in [6.45, 7) is 1.42. The minimum Gasteiger partial charge on any atom is -0.434 e. The molecule has 1 heterocycles. The molecule has 2 rings (SSSR count). The van der Waals surface area contributed by atoms with Crippen molar-refractivity contribution in [1.82, 2.24) is 5.32 Å². The molecule has 3 unspecified atom stereocenters. The van der Waals surface area contributed by atoms with Crippen LogP contribution in [0.1, 0.15) is 31.9 Å². The summed E-state index contributed by atoms with van der Waals surface area (Å²) in [4.78, 5) is 0.